The van der Waals surface area contributed by atoms with Crippen LogP contribution in [-0.2, 0) is 4.79 Å². The lowest BCUT2D eigenvalue weighted by atomic mass is 10.1. The molecule has 0 saturated heterocycles. The summed E-state index contributed by atoms with van der Waals surface area (Å²) < 4.78 is 0.619. The second kappa shape index (κ2) is 5.46. The highest BCUT2D eigenvalue weighted by molar-refractivity contribution is 9.10. The van der Waals surface area contributed by atoms with E-state index in [1.165, 1.54) is 18.2 Å². The minimum Gasteiger partial charge on any atom is -0.481 e. The molecule has 4 nitrogen and oxygen atoms in total. The summed E-state index contributed by atoms with van der Waals surface area (Å²) in [7, 11) is 0. The average Bonchev–Trinajstić information content (AvgIpc) is 2.19. The summed E-state index contributed by atoms with van der Waals surface area (Å²) >= 11 is 3.22. The highest BCUT2D eigenvalue weighted by Gasteiger charge is 2.04. The van der Waals surface area contributed by atoms with Gasteiger partial charge in [0.2, 0.25) is 0 Å². The first kappa shape index (κ1) is 12.4. The molecule has 0 saturated carbocycles. The van der Waals surface area contributed by atoms with E-state index >= 15 is 0 Å². The Morgan fingerprint density at radius 3 is 2.50 bits per heavy atom. The van der Waals surface area contributed by atoms with E-state index in [1.54, 1.807) is 12.1 Å². The van der Waals surface area contributed by atoms with Crippen molar-refractivity contribution in [3.63, 3.8) is 0 Å². The first-order valence-corrected chi connectivity index (χ1v) is 5.21. The zero-order valence-corrected chi connectivity index (χ0v) is 9.77. The van der Waals surface area contributed by atoms with Crippen LogP contribution in [0, 0.1) is 0 Å². The number of benzene rings is 1. The Balaban J connectivity index is 2.87. The van der Waals surface area contributed by atoms with Crippen molar-refractivity contribution in [2.75, 3.05) is 0 Å². The number of carboxylic acids is 2. The molecule has 5 heteroatoms. The molecule has 0 heterocycles. The van der Waals surface area contributed by atoms with E-state index < -0.39 is 11.9 Å². The van der Waals surface area contributed by atoms with Crippen molar-refractivity contribution in [2.45, 2.75) is 6.42 Å². The van der Waals surface area contributed by atoms with Gasteiger partial charge in [0.15, 0.2) is 0 Å². The molecule has 0 aliphatic heterocycles. The zero-order chi connectivity index (χ0) is 12.1. The molecule has 1 aromatic carbocycles. The van der Waals surface area contributed by atoms with Crippen molar-refractivity contribution in [2.24, 2.45) is 0 Å². The first-order chi connectivity index (χ1) is 7.50. The maximum absolute atomic E-state index is 10.7. The van der Waals surface area contributed by atoms with Gasteiger partial charge in [-0.1, -0.05) is 34.1 Å². The van der Waals surface area contributed by atoms with Gasteiger partial charge in [-0.05, 0) is 17.7 Å². The third-order valence-electron chi connectivity index (χ3n) is 1.84. The van der Waals surface area contributed by atoms with Gasteiger partial charge in [0.1, 0.15) is 0 Å². The fourth-order valence-electron chi connectivity index (χ4n) is 1.08. The van der Waals surface area contributed by atoms with Crippen molar-refractivity contribution in [3.05, 3.63) is 39.9 Å². The summed E-state index contributed by atoms with van der Waals surface area (Å²) in [4.78, 5) is 20.9. The number of rotatable bonds is 4. The Bertz CT molecular complexity index is 451. The topological polar surface area (TPSA) is 74.6 Å². The number of aromatic carboxylic acids is 1. The molecule has 0 fully saturated rings. The Hall–Kier alpha value is -1.62. The predicted octanol–water partition coefficient (Wildman–Crippen LogP) is 2.64. The van der Waals surface area contributed by atoms with Gasteiger partial charge >= 0.3 is 11.9 Å². The van der Waals surface area contributed by atoms with E-state index in [1.807, 2.05) is 0 Å². The molecule has 0 aromatic heterocycles. The van der Waals surface area contributed by atoms with Crippen LogP contribution in [-0.4, -0.2) is 22.2 Å². The van der Waals surface area contributed by atoms with Crippen molar-refractivity contribution < 1.29 is 19.8 Å². The van der Waals surface area contributed by atoms with Crippen molar-refractivity contribution in [1.29, 1.82) is 0 Å². The fourth-order valence-corrected chi connectivity index (χ4v) is 1.59. The quantitative estimate of drug-likeness (QED) is 0.891. The maximum Gasteiger partial charge on any atom is 0.335 e. The molecule has 0 bridgehead atoms. The van der Waals surface area contributed by atoms with Crippen molar-refractivity contribution in [3.8, 4) is 0 Å². The Morgan fingerprint density at radius 1 is 1.31 bits per heavy atom. The zero-order valence-electron chi connectivity index (χ0n) is 8.18. The van der Waals surface area contributed by atoms with Crippen LogP contribution in [0.3, 0.4) is 0 Å². The molecule has 0 spiro atoms. The van der Waals surface area contributed by atoms with Gasteiger partial charge in [-0.15, -0.1) is 0 Å². The molecule has 1 rings (SSSR count). The summed E-state index contributed by atoms with van der Waals surface area (Å²) in [6.07, 6.45) is 3.07. The number of halogens is 1. The van der Waals surface area contributed by atoms with E-state index in [9.17, 15) is 9.59 Å². The second-order valence-corrected chi connectivity index (χ2v) is 3.90. The number of carbonyl (C=O) groups is 2. The molecule has 0 amide bonds. The van der Waals surface area contributed by atoms with E-state index in [4.69, 9.17) is 10.2 Å². The smallest absolute Gasteiger partial charge is 0.335 e. The summed E-state index contributed by atoms with van der Waals surface area (Å²) in [5, 5.41) is 17.2. The first-order valence-electron chi connectivity index (χ1n) is 4.42. The van der Waals surface area contributed by atoms with Crippen LogP contribution in [0.4, 0.5) is 0 Å². The van der Waals surface area contributed by atoms with Crippen LogP contribution in [0.2, 0.25) is 0 Å². The van der Waals surface area contributed by atoms with Gasteiger partial charge in [0.25, 0.3) is 0 Å². The number of hydrogen-bond donors (Lipinski definition) is 2. The minimum absolute atomic E-state index is 0.0624. The second-order valence-electron chi connectivity index (χ2n) is 3.04. The number of hydrogen-bond acceptors (Lipinski definition) is 2. The van der Waals surface area contributed by atoms with Crippen LogP contribution < -0.4 is 0 Å². The maximum atomic E-state index is 10.7. The van der Waals surface area contributed by atoms with Crippen LogP contribution in [0.15, 0.2) is 28.7 Å². The minimum atomic E-state index is -0.998. The van der Waals surface area contributed by atoms with Crippen molar-refractivity contribution in [1.82, 2.24) is 0 Å². The lowest BCUT2D eigenvalue weighted by molar-refractivity contribution is -0.135. The summed E-state index contributed by atoms with van der Waals surface area (Å²) in [6, 6.07) is 4.56. The highest BCUT2D eigenvalue weighted by atomic mass is 79.9. The SMILES string of the molecule is O=C(O)CC=Cc1ccc(C(=O)O)cc1Br. The van der Waals surface area contributed by atoms with Gasteiger partial charge < -0.3 is 10.2 Å². The van der Waals surface area contributed by atoms with Crippen LogP contribution in [0.1, 0.15) is 22.3 Å². The third kappa shape index (κ3) is 3.51. The summed E-state index contributed by atoms with van der Waals surface area (Å²) in [6.45, 7) is 0. The third-order valence-corrected chi connectivity index (χ3v) is 2.52. The summed E-state index contributed by atoms with van der Waals surface area (Å²) in [5.41, 5.74) is 0.925. The van der Waals surface area contributed by atoms with Gasteiger partial charge in [-0.3, -0.25) is 4.79 Å². The summed E-state index contributed by atoms with van der Waals surface area (Å²) in [5.74, 6) is -1.91. The molecule has 0 aliphatic rings. The van der Waals surface area contributed by atoms with Crippen molar-refractivity contribution >= 4 is 33.9 Å². The number of carboxylic acid groups (broad SMARTS) is 2. The van der Waals surface area contributed by atoms with E-state index in [0.717, 1.165) is 5.56 Å². The monoisotopic (exact) mass is 284 g/mol. The Labute approximate surface area is 100 Å². The lowest BCUT2D eigenvalue weighted by Crippen LogP contribution is -1.96. The largest absolute Gasteiger partial charge is 0.481 e. The molecule has 16 heavy (non-hydrogen) atoms. The standard InChI is InChI=1S/C11H9BrO4/c12-9-6-8(11(15)16)5-4-7(9)2-1-3-10(13)14/h1-2,4-6H,3H2,(H,13,14)(H,15,16). The molecule has 0 aliphatic carbocycles. The molecule has 0 radical (unpaired) electrons. The van der Waals surface area contributed by atoms with E-state index in [2.05, 4.69) is 15.9 Å². The Kier molecular flexibility index (Phi) is 4.25. The molecule has 84 valence electrons. The Morgan fingerprint density at radius 2 is 2.00 bits per heavy atom. The van der Waals surface area contributed by atoms with Gasteiger partial charge in [-0.25, -0.2) is 4.79 Å². The molecular formula is C11H9BrO4. The van der Waals surface area contributed by atoms with Crippen LogP contribution >= 0.6 is 15.9 Å². The molecule has 0 unspecified atom stereocenters. The molecule has 0 atom stereocenters. The lowest BCUT2D eigenvalue weighted by Gasteiger charge is -2.00. The average molecular weight is 285 g/mol. The highest BCUT2D eigenvalue weighted by Crippen LogP contribution is 2.20. The molecule has 2 N–H and O–H groups in total. The van der Waals surface area contributed by atoms with E-state index in [-0.39, 0.29) is 12.0 Å². The van der Waals surface area contributed by atoms with Gasteiger partial charge in [0.05, 0.1) is 12.0 Å². The van der Waals surface area contributed by atoms with E-state index in [0.29, 0.717) is 4.47 Å². The van der Waals surface area contributed by atoms with Gasteiger partial charge in [0, 0.05) is 4.47 Å². The molecular weight excluding hydrogens is 276 g/mol. The van der Waals surface area contributed by atoms with Gasteiger partial charge in [-0.2, -0.15) is 0 Å². The molecule has 1 aromatic rings. The fraction of sp³-hybridized carbons (Fsp3) is 0.0909. The normalized spacial score (nSPS) is 10.6. The van der Waals surface area contributed by atoms with Crippen LogP contribution in [0.5, 0.6) is 0 Å². The predicted molar refractivity (Wildman–Crippen MR) is 62.4 cm³/mol. The number of aliphatic carboxylic acids is 1. The van der Waals surface area contributed by atoms with Crippen LogP contribution in [0.25, 0.3) is 6.08 Å².